The minimum Gasteiger partial charge on any atom is -0.378 e. The van der Waals surface area contributed by atoms with Crippen LogP contribution in [0.15, 0.2) is 103 Å². The second-order valence-electron chi connectivity index (χ2n) is 9.25. The topological polar surface area (TPSA) is 34.5 Å². The van der Waals surface area contributed by atoms with Crippen LogP contribution in [0.2, 0.25) is 0 Å². The van der Waals surface area contributed by atoms with Gasteiger partial charge in [0, 0.05) is 47.9 Å². The average Bonchev–Trinajstić information content (AvgIpc) is 3.28. The van der Waals surface area contributed by atoms with E-state index in [-0.39, 0.29) is 11.8 Å². The number of para-hydroxylation sites is 1. The van der Waals surface area contributed by atoms with Crippen LogP contribution in [0.3, 0.4) is 0 Å². The monoisotopic (exact) mass is 460 g/mol. The van der Waals surface area contributed by atoms with E-state index in [1.165, 1.54) is 5.56 Å². The number of nitrogens with zero attached hydrogens (tertiary/aromatic N) is 2. The van der Waals surface area contributed by atoms with Crippen LogP contribution in [0.5, 0.6) is 0 Å². The van der Waals surface area contributed by atoms with Crippen molar-refractivity contribution in [1.29, 1.82) is 0 Å². The molecule has 0 saturated carbocycles. The van der Waals surface area contributed by atoms with E-state index in [1.54, 1.807) is 0 Å². The third-order valence-corrected chi connectivity index (χ3v) is 7.05. The summed E-state index contributed by atoms with van der Waals surface area (Å²) in [5.74, 6) is 0.0674. The largest absolute Gasteiger partial charge is 0.378 e. The zero-order valence-electron chi connectivity index (χ0n) is 19.6. The van der Waals surface area contributed by atoms with Gasteiger partial charge in [0.25, 0.3) is 0 Å². The molecule has 1 aromatic heterocycles. The number of fused-ring (bicyclic) bond motifs is 2. The average molecular weight is 461 g/mol. The first kappa shape index (κ1) is 21.8. The summed E-state index contributed by atoms with van der Waals surface area (Å²) >= 11 is 0. The van der Waals surface area contributed by atoms with E-state index in [2.05, 4.69) is 64.1 Å². The maximum atomic E-state index is 13.8. The van der Waals surface area contributed by atoms with E-state index >= 15 is 0 Å². The number of carbonyl (C=O) groups excluding carboxylic acids is 1. The lowest BCUT2D eigenvalue weighted by Gasteiger charge is -2.36. The number of ether oxygens (including phenoxy) is 1. The molecule has 1 saturated heterocycles. The van der Waals surface area contributed by atoms with Gasteiger partial charge in [-0.15, -0.1) is 0 Å². The highest BCUT2D eigenvalue weighted by Crippen LogP contribution is 2.28. The first-order chi connectivity index (χ1) is 17.3. The van der Waals surface area contributed by atoms with Crippen LogP contribution in [-0.4, -0.2) is 41.1 Å². The van der Waals surface area contributed by atoms with Crippen LogP contribution >= 0.6 is 0 Å². The van der Waals surface area contributed by atoms with E-state index in [1.807, 2.05) is 48.7 Å². The minimum absolute atomic E-state index is 0.0674. The number of morpholine rings is 1. The summed E-state index contributed by atoms with van der Waals surface area (Å²) in [6.07, 6.45) is 2.05. The van der Waals surface area contributed by atoms with E-state index in [4.69, 9.17) is 4.74 Å². The third-order valence-electron chi connectivity index (χ3n) is 7.05. The fourth-order valence-electron chi connectivity index (χ4n) is 5.26. The molecule has 4 heteroatoms. The summed E-state index contributed by atoms with van der Waals surface area (Å²) in [6.45, 7) is 4.01. The summed E-state index contributed by atoms with van der Waals surface area (Å²) in [6, 6.07) is 33.1. The first-order valence-corrected chi connectivity index (χ1v) is 12.2. The lowest BCUT2D eigenvalue weighted by atomic mass is 9.97. The van der Waals surface area contributed by atoms with Crippen molar-refractivity contribution in [3.05, 3.63) is 120 Å². The van der Waals surface area contributed by atoms with Crippen molar-refractivity contribution in [2.45, 2.75) is 19.1 Å². The smallest absolute Gasteiger partial charge is 0.195 e. The van der Waals surface area contributed by atoms with Crippen molar-refractivity contribution in [1.82, 2.24) is 9.47 Å². The Hall–Kier alpha value is -3.73. The quantitative estimate of drug-likeness (QED) is 0.295. The molecule has 0 spiro atoms. The third kappa shape index (κ3) is 4.27. The molecule has 6 rings (SSSR count). The Morgan fingerprint density at radius 3 is 2.43 bits per heavy atom. The molecule has 174 valence electrons. The van der Waals surface area contributed by atoms with E-state index in [0.29, 0.717) is 6.61 Å². The summed E-state index contributed by atoms with van der Waals surface area (Å²) in [7, 11) is 0. The first-order valence-electron chi connectivity index (χ1n) is 12.2. The maximum Gasteiger partial charge on any atom is 0.195 e. The van der Waals surface area contributed by atoms with Crippen LogP contribution in [0.4, 0.5) is 0 Å². The molecule has 0 N–H and O–H groups in total. The molecule has 0 unspecified atom stereocenters. The van der Waals surface area contributed by atoms with Gasteiger partial charge in [-0.3, -0.25) is 9.69 Å². The zero-order chi connectivity index (χ0) is 23.6. The molecular formula is C31H28N2O2. The number of benzene rings is 4. The molecule has 1 fully saturated rings. The van der Waals surface area contributed by atoms with Gasteiger partial charge in [-0.1, -0.05) is 91.0 Å². The molecule has 35 heavy (non-hydrogen) atoms. The lowest BCUT2D eigenvalue weighted by molar-refractivity contribution is -0.0172. The molecule has 0 aliphatic carbocycles. The minimum atomic E-state index is 0.0674. The Morgan fingerprint density at radius 2 is 1.54 bits per heavy atom. The molecule has 4 aromatic carbocycles. The van der Waals surface area contributed by atoms with E-state index < -0.39 is 0 Å². The maximum absolute atomic E-state index is 13.8. The lowest BCUT2D eigenvalue weighted by Crippen LogP contribution is -2.47. The second kappa shape index (κ2) is 9.49. The van der Waals surface area contributed by atoms with Gasteiger partial charge in [0.15, 0.2) is 5.78 Å². The summed E-state index contributed by atoms with van der Waals surface area (Å²) < 4.78 is 8.13. The van der Waals surface area contributed by atoms with Gasteiger partial charge in [-0.05, 0) is 22.4 Å². The Morgan fingerprint density at radius 1 is 0.800 bits per heavy atom. The molecule has 0 bridgehead atoms. The van der Waals surface area contributed by atoms with Gasteiger partial charge >= 0.3 is 0 Å². The number of aromatic nitrogens is 1. The van der Waals surface area contributed by atoms with Crippen molar-refractivity contribution in [3.8, 4) is 0 Å². The normalized spacial score (nSPS) is 16.6. The number of carbonyl (C=O) groups is 1. The number of ketones is 1. The van der Waals surface area contributed by atoms with Crippen molar-refractivity contribution in [3.63, 3.8) is 0 Å². The fourth-order valence-corrected chi connectivity index (χ4v) is 5.26. The molecule has 5 aromatic rings. The molecule has 1 aliphatic rings. The molecule has 0 amide bonds. The number of hydrogen-bond acceptors (Lipinski definition) is 3. The van der Waals surface area contributed by atoms with Crippen LogP contribution in [-0.2, 0) is 17.8 Å². The highest BCUT2D eigenvalue weighted by molar-refractivity contribution is 6.21. The van der Waals surface area contributed by atoms with E-state index in [0.717, 1.165) is 59.0 Å². The fraction of sp³-hybridized carbons (Fsp3) is 0.194. The summed E-state index contributed by atoms with van der Waals surface area (Å²) in [5.41, 5.74) is 3.89. The second-order valence-corrected chi connectivity index (χ2v) is 9.25. The molecule has 2 heterocycles. The predicted octanol–water partition coefficient (Wildman–Crippen LogP) is 5.93. The van der Waals surface area contributed by atoms with Crippen LogP contribution in [0, 0.1) is 0 Å². The van der Waals surface area contributed by atoms with Gasteiger partial charge in [0.2, 0.25) is 0 Å². The van der Waals surface area contributed by atoms with Crippen molar-refractivity contribution < 1.29 is 9.53 Å². The Bertz CT molecular complexity index is 1480. The van der Waals surface area contributed by atoms with Gasteiger partial charge in [-0.25, -0.2) is 0 Å². The van der Waals surface area contributed by atoms with Crippen LogP contribution < -0.4 is 0 Å². The van der Waals surface area contributed by atoms with Gasteiger partial charge in [-0.2, -0.15) is 0 Å². The van der Waals surface area contributed by atoms with Gasteiger partial charge in [0.1, 0.15) is 0 Å². The molecule has 1 aliphatic heterocycles. The summed E-state index contributed by atoms with van der Waals surface area (Å²) in [4.78, 5) is 16.3. The Balaban J connectivity index is 1.35. The molecule has 4 nitrogen and oxygen atoms in total. The van der Waals surface area contributed by atoms with Gasteiger partial charge in [0.05, 0.1) is 19.3 Å². The SMILES string of the molecule is O=C(c1cccc2ccccc12)c1cn(C[C@H]2COCCN2Cc2ccccc2)c2ccccc12. The predicted molar refractivity (Wildman–Crippen MR) is 141 cm³/mol. The number of hydrogen-bond donors (Lipinski definition) is 0. The highest BCUT2D eigenvalue weighted by atomic mass is 16.5. The van der Waals surface area contributed by atoms with Gasteiger partial charge < -0.3 is 9.30 Å². The van der Waals surface area contributed by atoms with Crippen LogP contribution in [0.1, 0.15) is 21.5 Å². The molecular weight excluding hydrogens is 432 g/mol. The number of rotatable bonds is 6. The standard InChI is InChI=1S/C31H28N2O2/c34-31(28-15-8-12-24-11-4-5-13-26(24)28)29-21-33(30-16-7-6-14-27(29)30)20-25-22-35-18-17-32(25)19-23-9-2-1-3-10-23/h1-16,21,25H,17-20,22H2/t25-/m0/s1. The Labute approximate surface area is 205 Å². The molecule has 0 radical (unpaired) electrons. The highest BCUT2D eigenvalue weighted by Gasteiger charge is 2.25. The summed E-state index contributed by atoms with van der Waals surface area (Å²) in [5, 5.41) is 3.07. The van der Waals surface area contributed by atoms with Crippen molar-refractivity contribution in [2.75, 3.05) is 19.8 Å². The molecule has 1 atom stereocenters. The van der Waals surface area contributed by atoms with Crippen molar-refractivity contribution >= 4 is 27.5 Å². The van der Waals surface area contributed by atoms with Crippen LogP contribution in [0.25, 0.3) is 21.7 Å². The Kier molecular flexibility index (Phi) is 5.91. The zero-order valence-corrected chi connectivity index (χ0v) is 19.6. The van der Waals surface area contributed by atoms with E-state index in [9.17, 15) is 4.79 Å². The van der Waals surface area contributed by atoms with Crippen molar-refractivity contribution in [2.24, 2.45) is 0 Å².